The molecule has 0 aliphatic heterocycles. The summed E-state index contributed by atoms with van der Waals surface area (Å²) in [5.41, 5.74) is 2.89. The lowest BCUT2D eigenvalue weighted by Crippen LogP contribution is -2.28. The van der Waals surface area contributed by atoms with Crippen molar-refractivity contribution in [3.05, 3.63) is 59.9 Å². The lowest BCUT2D eigenvalue weighted by atomic mass is 10.1. The second kappa shape index (κ2) is 7.42. The van der Waals surface area contributed by atoms with Crippen LogP contribution in [-0.2, 0) is 4.79 Å². The van der Waals surface area contributed by atoms with Gasteiger partial charge in [0.25, 0.3) is 0 Å². The standard InChI is InChI=1S/C21H20F3N3O2/c1-12(15-4-5-19(26-10-15)29-11-21(22,23)24)27-20(28)17-9-16(17)14-3-2-13-6-7-25-18(13)8-14/h2-8,10,12,16-17,25H,9,11H2,1H3,(H,27,28)/t12-,16+,17-/m1/s1. The average Bonchev–Trinajstić information content (AvgIpc) is 3.36. The van der Waals surface area contributed by atoms with Gasteiger partial charge in [-0.25, -0.2) is 4.98 Å². The molecule has 4 rings (SSSR count). The number of hydrogen-bond donors (Lipinski definition) is 2. The van der Waals surface area contributed by atoms with Crippen molar-refractivity contribution in [2.24, 2.45) is 5.92 Å². The van der Waals surface area contributed by atoms with Crippen LogP contribution in [0, 0.1) is 5.92 Å². The molecule has 1 aliphatic carbocycles. The minimum absolute atomic E-state index is 0.0357. The van der Waals surface area contributed by atoms with E-state index in [2.05, 4.69) is 32.2 Å². The normalized spacial score (nSPS) is 19.7. The number of aromatic amines is 1. The Balaban J connectivity index is 1.32. The van der Waals surface area contributed by atoms with Gasteiger partial charge in [0, 0.05) is 29.9 Å². The summed E-state index contributed by atoms with van der Waals surface area (Å²) in [6, 6.07) is 10.9. The lowest BCUT2D eigenvalue weighted by molar-refractivity contribution is -0.154. The van der Waals surface area contributed by atoms with Crippen LogP contribution in [-0.4, -0.2) is 28.7 Å². The van der Waals surface area contributed by atoms with Crippen molar-refractivity contribution in [3.63, 3.8) is 0 Å². The molecule has 1 fully saturated rings. The second-order valence-corrected chi connectivity index (χ2v) is 7.34. The Hall–Kier alpha value is -3.03. The molecule has 1 aliphatic rings. The molecule has 29 heavy (non-hydrogen) atoms. The molecule has 5 nitrogen and oxygen atoms in total. The number of halogens is 3. The first-order valence-corrected chi connectivity index (χ1v) is 9.33. The predicted molar refractivity (Wildman–Crippen MR) is 101 cm³/mol. The van der Waals surface area contributed by atoms with Crippen molar-refractivity contribution < 1.29 is 22.7 Å². The van der Waals surface area contributed by atoms with Crippen LogP contribution in [0.1, 0.15) is 36.4 Å². The average molecular weight is 403 g/mol. The summed E-state index contributed by atoms with van der Waals surface area (Å²) in [7, 11) is 0. The highest BCUT2D eigenvalue weighted by Gasteiger charge is 2.44. The molecule has 2 heterocycles. The van der Waals surface area contributed by atoms with E-state index in [1.165, 1.54) is 12.3 Å². The second-order valence-electron chi connectivity index (χ2n) is 7.34. The first-order chi connectivity index (χ1) is 13.8. The quantitative estimate of drug-likeness (QED) is 0.638. The van der Waals surface area contributed by atoms with E-state index in [1.807, 2.05) is 25.3 Å². The zero-order chi connectivity index (χ0) is 20.6. The Kier molecular flexibility index (Phi) is 4.94. The number of carbonyl (C=O) groups is 1. The zero-order valence-electron chi connectivity index (χ0n) is 15.7. The Bertz CT molecular complexity index is 1010. The Labute approximate surface area is 165 Å². The third-order valence-electron chi connectivity index (χ3n) is 5.14. The maximum Gasteiger partial charge on any atom is 0.422 e. The topological polar surface area (TPSA) is 67.0 Å². The highest BCUT2D eigenvalue weighted by atomic mass is 19.4. The van der Waals surface area contributed by atoms with E-state index >= 15 is 0 Å². The molecule has 0 spiro atoms. The van der Waals surface area contributed by atoms with Crippen molar-refractivity contribution in [2.75, 3.05) is 6.61 Å². The third-order valence-corrected chi connectivity index (χ3v) is 5.14. The molecule has 0 radical (unpaired) electrons. The highest BCUT2D eigenvalue weighted by Crippen LogP contribution is 2.48. The first-order valence-electron chi connectivity index (χ1n) is 9.33. The van der Waals surface area contributed by atoms with Gasteiger partial charge in [-0.2, -0.15) is 13.2 Å². The molecule has 2 N–H and O–H groups in total. The van der Waals surface area contributed by atoms with Crippen molar-refractivity contribution in [1.29, 1.82) is 0 Å². The molecule has 0 saturated heterocycles. The maximum absolute atomic E-state index is 12.6. The van der Waals surface area contributed by atoms with Crippen LogP contribution in [0.3, 0.4) is 0 Å². The largest absolute Gasteiger partial charge is 0.468 e. The van der Waals surface area contributed by atoms with Crippen LogP contribution >= 0.6 is 0 Å². The Morgan fingerprint density at radius 3 is 2.86 bits per heavy atom. The number of nitrogens with zero attached hydrogens (tertiary/aromatic N) is 1. The zero-order valence-corrected chi connectivity index (χ0v) is 15.7. The van der Waals surface area contributed by atoms with E-state index in [-0.39, 0.29) is 29.7 Å². The predicted octanol–water partition coefficient (Wildman–Crippen LogP) is 4.48. The van der Waals surface area contributed by atoms with Gasteiger partial charge < -0.3 is 15.0 Å². The number of alkyl halides is 3. The lowest BCUT2D eigenvalue weighted by Gasteiger charge is -2.15. The minimum atomic E-state index is -4.41. The Morgan fingerprint density at radius 1 is 1.31 bits per heavy atom. The molecule has 8 heteroatoms. The number of aromatic nitrogens is 2. The SMILES string of the molecule is C[C@@H](NC(=O)[C@@H]1C[C@H]1c1ccc2cc[nH]c2c1)c1ccc(OCC(F)(F)F)nc1. The van der Waals surface area contributed by atoms with Gasteiger partial charge in [-0.1, -0.05) is 18.2 Å². The van der Waals surface area contributed by atoms with Crippen molar-refractivity contribution in [1.82, 2.24) is 15.3 Å². The number of ether oxygens (including phenoxy) is 1. The molecule has 2 aromatic heterocycles. The van der Waals surface area contributed by atoms with Gasteiger partial charge in [0.15, 0.2) is 6.61 Å². The molecule has 1 amide bonds. The van der Waals surface area contributed by atoms with Gasteiger partial charge >= 0.3 is 6.18 Å². The van der Waals surface area contributed by atoms with Crippen LogP contribution < -0.4 is 10.1 Å². The molecule has 0 bridgehead atoms. The van der Waals surface area contributed by atoms with Gasteiger partial charge in [0.2, 0.25) is 11.8 Å². The molecule has 1 aromatic carbocycles. The molecular formula is C21H20F3N3O2. The van der Waals surface area contributed by atoms with Gasteiger partial charge in [0.05, 0.1) is 6.04 Å². The molecule has 3 atom stereocenters. The van der Waals surface area contributed by atoms with E-state index in [1.54, 1.807) is 6.07 Å². The summed E-state index contributed by atoms with van der Waals surface area (Å²) in [5.74, 6) is -0.0172. The van der Waals surface area contributed by atoms with Gasteiger partial charge in [0.1, 0.15) is 0 Å². The first kappa shape index (κ1) is 19.3. The fraction of sp³-hybridized carbons (Fsp3) is 0.333. The van der Waals surface area contributed by atoms with Crippen LogP contribution in [0.2, 0.25) is 0 Å². The number of hydrogen-bond acceptors (Lipinski definition) is 3. The third kappa shape index (κ3) is 4.52. The van der Waals surface area contributed by atoms with E-state index in [4.69, 9.17) is 0 Å². The molecular weight excluding hydrogens is 383 g/mol. The summed E-state index contributed by atoms with van der Waals surface area (Å²) in [6.45, 7) is 0.427. The smallest absolute Gasteiger partial charge is 0.422 e. The van der Waals surface area contributed by atoms with Crippen LogP contribution in [0.5, 0.6) is 5.88 Å². The number of rotatable bonds is 6. The van der Waals surface area contributed by atoms with Gasteiger partial charge in [-0.05, 0) is 47.9 Å². The van der Waals surface area contributed by atoms with E-state index in [0.29, 0.717) is 5.56 Å². The van der Waals surface area contributed by atoms with Crippen LogP contribution in [0.25, 0.3) is 10.9 Å². The van der Waals surface area contributed by atoms with Crippen molar-refractivity contribution in [3.8, 4) is 5.88 Å². The summed E-state index contributed by atoms with van der Waals surface area (Å²) < 4.78 is 41.2. The van der Waals surface area contributed by atoms with Crippen LogP contribution in [0.4, 0.5) is 13.2 Å². The summed E-state index contributed by atoms with van der Waals surface area (Å²) in [4.78, 5) is 19.6. The van der Waals surface area contributed by atoms with Crippen molar-refractivity contribution in [2.45, 2.75) is 31.5 Å². The Morgan fingerprint density at radius 2 is 2.14 bits per heavy atom. The highest BCUT2D eigenvalue weighted by molar-refractivity contribution is 5.84. The van der Waals surface area contributed by atoms with Gasteiger partial charge in [-0.3, -0.25) is 4.79 Å². The van der Waals surface area contributed by atoms with Crippen molar-refractivity contribution >= 4 is 16.8 Å². The molecule has 3 aromatic rings. The number of fused-ring (bicyclic) bond motifs is 1. The monoisotopic (exact) mass is 403 g/mol. The number of H-pyrrole nitrogens is 1. The minimum Gasteiger partial charge on any atom is -0.468 e. The van der Waals surface area contributed by atoms with E-state index in [9.17, 15) is 18.0 Å². The number of benzene rings is 1. The van der Waals surface area contributed by atoms with Gasteiger partial charge in [-0.15, -0.1) is 0 Å². The number of pyridine rings is 1. The number of nitrogens with one attached hydrogen (secondary N) is 2. The van der Waals surface area contributed by atoms with E-state index < -0.39 is 12.8 Å². The summed E-state index contributed by atoms with van der Waals surface area (Å²) in [5, 5.41) is 4.10. The van der Waals surface area contributed by atoms with Crippen LogP contribution in [0.15, 0.2) is 48.8 Å². The molecule has 1 saturated carbocycles. The van der Waals surface area contributed by atoms with E-state index in [0.717, 1.165) is 22.9 Å². The number of amides is 1. The summed E-state index contributed by atoms with van der Waals surface area (Å²) >= 11 is 0. The fourth-order valence-electron chi connectivity index (χ4n) is 3.44. The molecule has 0 unspecified atom stereocenters. The fourth-order valence-corrected chi connectivity index (χ4v) is 3.44. The molecule has 152 valence electrons. The maximum atomic E-state index is 12.6. The summed E-state index contributed by atoms with van der Waals surface area (Å²) in [6.07, 6.45) is -0.304. The number of carbonyl (C=O) groups excluding carboxylic acids is 1.